The summed E-state index contributed by atoms with van der Waals surface area (Å²) in [5.41, 5.74) is 4.00. The first-order valence-corrected chi connectivity index (χ1v) is 9.75. The fourth-order valence-electron chi connectivity index (χ4n) is 3.65. The van der Waals surface area contributed by atoms with Crippen LogP contribution in [-0.4, -0.2) is 19.6 Å². The molecule has 0 aliphatic heterocycles. The van der Waals surface area contributed by atoms with Gasteiger partial charge in [0, 0.05) is 16.6 Å². The summed E-state index contributed by atoms with van der Waals surface area (Å²) in [6, 6.07) is 10.9. The van der Waals surface area contributed by atoms with Crippen LogP contribution in [0.1, 0.15) is 22.6 Å². The zero-order valence-electron chi connectivity index (χ0n) is 14.6. The van der Waals surface area contributed by atoms with Crippen LogP contribution in [0.25, 0.3) is 21.3 Å². The van der Waals surface area contributed by atoms with Gasteiger partial charge in [0.05, 0.1) is 24.0 Å². The number of fused-ring (bicyclic) bond motifs is 3. The number of aryl methyl sites for hydroxylation is 2. The first kappa shape index (κ1) is 16.2. The summed E-state index contributed by atoms with van der Waals surface area (Å²) in [6.07, 6.45) is 6.60. The van der Waals surface area contributed by atoms with E-state index in [0.717, 1.165) is 46.3 Å². The molecule has 1 aromatic carbocycles. The molecule has 0 saturated heterocycles. The van der Waals surface area contributed by atoms with E-state index in [0.29, 0.717) is 6.54 Å². The first-order valence-electron chi connectivity index (χ1n) is 8.93. The van der Waals surface area contributed by atoms with Crippen LogP contribution in [0.5, 0.6) is 5.75 Å². The van der Waals surface area contributed by atoms with Crippen LogP contribution in [-0.2, 0) is 19.4 Å². The van der Waals surface area contributed by atoms with Crippen molar-refractivity contribution in [2.45, 2.75) is 25.8 Å². The number of hydrogen-bond acceptors (Lipinski definition) is 5. The third kappa shape index (κ3) is 2.82. The molecule has 1 N–H and O–H groups in total. The molecule has 5 rings (SSSR count). The van der Waals surface area contributed by atoms with E-state index < -0.39 is 0 Å². The van der Waals surface area contributed by atoms with E-state index in [1.54, 1.807) is 40.6 Å². The maximum absolute atomic E-state index is 13.0. The van der Waals surface area contributed by atoms with Crippen LogP contribution >= 0.6 is 11.3 Å². The summed E-state index contributed by atoms with van der Waals surface area (Å²) in [5, 5.41) is 10.2. The topological polar surface area (TPSA) is 68.0 Å². The number of pyridine rings is 1. The molecule has 0 amide bonds. The maximum atomic E-state index is 13.0. The molecule has 0 spiro atoms. The Kier molecular flexibility index (Phi) is 3.79. The molecule has 0 fully saturated rings. The lowest BCUT2D eigenvalue weighted by Gasteiger charge is -2.07. The minimum absolute atomic E-state index is 0.0313. The largest absolute Gasteiger partial charge is 0.508 e. The lowest BCUT2D eigenvalue weighted by atomic mass is 10.1. The summed E-state index contributed by atoms with van der Waals surface area (Å²) in [4.78, 5) is 24.1. The second-order valence-electron chi connectivity index (χ2n) is 6.80. The molecule has 5 nitrogen and oxygen atoms in total. The molecule has 6 heteroatoms. The lowest BCUT2D eigenvalue weighted by molar-refractivity contribution is 0.475. The lowest BCUT2D eigenvalue weighted by Crippen LogP contribution is -2.21. The molecule has 0 atom stereocenters. The second kappa shape index (κ2) is 6.32. The molecule has 27 heavy (non-hydrogen) atoms. The van der Waals surface area contributed by atoms with Gasteiger partial charge in [-0.25, -0.2) is 4.98 Å². The van der Waals surface area contributed by atoms with Crippen molar-refractivity contribution in [3.63, 3.8) is 0 Å². The van der Waals surface area contributed by atoms with Gasteiger partial charge < -0.3 is 5.11 Å². The van der Waals surface area contributed by atoms with Crippen molar-refractivity contribution in [1.82, 2.24) is 14.5 Å². The van der Waals surface area contributed by atoms with E-state index in [4.69, 9.17) is 0 Å². The molecular formula is C21H17N3O2S. The van der Waals surface area contributed by atoms with E-state index in [2.05, 4.69) is 9.97 Å². The highest BCUT2D eigenvalue weighted by atomic mass is 32.1. The standard InChI is InChI=1S/C21H17N3O2S/c25-16-8-5-13(6-9-16)14-4-7-15(22-10-14)11-24-12-23-20-19(21(24)26)17-2-1-3-18(17)27-20/h4-10,12,25H,1-3,11H2. The number of phenolic OH excluding ortho intramolecular Hbond substituents is 1. The molecule has 3 aromatic heterocycles. The van der Waals surface area contributed by atoms with E-state index >= 15 is 0 Å². The molecule has 0 unspecified atom stereocenters. The minimum atomic E-state index is 0.0313. The van der Waals surface area contributed by atoms with Gasteiger partial charge >= 0.3 is 0 Å². The minimum Gasteiger partial charge on any atom is -0.508 e. The summed E-state index contributed by atoms with van der Waals surface area (Å²) in [7, 11) is 0. The van der Waals surface area contributed by atoms with Gasteiger partial charge in [0.2, 0.25) is 0 Å². The Bertz CT molecular complexity index is 1190. The molecule has 1 aliphatic carbocycles. The number of aromatic hydroxyl groups is 1. The van der Waals surface area contributed by atoms with E-state index in [9.17, 15) is 9.90 Å². The van der Waals surface area contributed by atoms with Crippen LogP contribution in [0.4, 0.5) is 0 Å². The van der Waals surface area contributed by atoms with Crippen molar-refractivity contribution in [2.24, 2.45) is 0 Å². The Labute approximate surface area is 159 Å². The van der Waals surface area contributed by atoms with Gasteiger partial charge in [0.25, 0.3) is 5.56 Å². The molecule has 134 valence electrons. The van der Waals surface area contributed by atoms with Crippen LogP contribution in [0, 0.1) is 0 Å². The van der Waals surface area contributed by atoms with Gasteiger partial charge in [-0.15, -0.1) is 11.3 Å². The van der Waals surface area contributed by atoms with Crippen LogP contribution < -0.4 is 5.56 Å². The van der Waals surface area contributed by atoms with Crippen molar-refractivity contribution >= 4 is 21.6 Å². The van der Waals surface area contributed by atoms with Crippen molar-refractivity contribution in [3.8, 4) is 16.9 Å². The van der Waals surface area contributed by atoms with Gasteiger partial charge in [-0.1, -0.05) is 18.2 Å². The zero-order valence-corrected chi connectivity index (χ0v) is 15.4. The molecular weight excluding hydrogens is 358 g/mol. The zero-order chi connectivity index (χ0) is 18.4. The molecule has 0 saturated carbocycles. The smallest absolute Gasteiger partial charge is 0.262 e. The molecule has 1 aliphatic rings. The van der Waals surface area contributed by atoms with Crippen LogP contribution in [0.15, 0.2) is 53.7 Å². The van der Waals surface area contributed by atoms with E-state index in [1.165, 1.54) is 10.4 Å². The third-order valence-corrected chi connectivity index (χ3v) is 6.25. The number of aromatic nitrogens is 3. The molecule has 4 aromatic rings. The van der Waals surface area contributed by atoms with Gasteiger partial charge in [0.15, 0.2) is 0 Å². The number of phenols is 1. The van der Waals surface area contributed by atoms with Crippen molar-refractivity contribution in [2.75, 3.05) is 0 Å². The Morgan fingerprint density at radius 2 is 1.85 bits per heavy atom. The molecule has 0 bridgehead atoms. The monoisotopic (exact) mass is 375 g/mol. The number of hydrogen-bond donors (Lipinski definition) is 1. The summed E-state index contributed by atoms with van der Waals surface area (Å²) in [5.74, 6) is 0.241. The molecule has 0 radical (unpaired) electrons. The van der Waals surface area contributed by atoms with E-state index in [1.807, 2.05) is 24.3 Å². The second-order valence-corrected chi connectivity index (χ2v) is 7.88. The highest BCUT2D eigenvalue weighted by Gasteiger charge is 2.21. The summed E-state index contributed by atoms with van der Waals surface area (Å²) >= 11 is 1.66. The first-order chi connectivity index (χ1) is 13.2. The Morgan fingerprint density at radius 1 is 1.04 bits per heavy atom. The predicted octanol–water partition coefficient (Wildman–Crippen LogP) is 3.76. The van der Waals surface area contributed by atoms with Gasteiger partial charge in [0.1, 0.15) is 10.6 Å². The maximum Gasteiger partial charge on any atom is 0.262 e. The number of thiophene rings is 1. The number of nitrogens with zero attached hydrogens (tertiary/aromatic N) is 3. The fourth-order valence-corrected chi connectivity index (χ4v) is 4.87. The van der Waals surface area contributed by atoms with Crippen LogP contribution in [0.2, 0.25) is 0 Å². The average Bonchev–Trinajstić information content (AvgIpc) is 3.26. The highest BCUT2D eigenvalue weighted by molar-refractivity contribution is 7.18. The Morgan fingerprint density at radius 3 is 2.63 bits per heavy atom. The number of rotatable bonds is 3. The summed E-state index contributed by atoms with van der Waals surface area (Å²) < 4.78 is 1.65. The predicted molar refractivity (Wildman–Crippen MR) is 106 cm³/mol. The van der Waals surface area contributed by atoms with E-state index in [-0.39, 0.29) is 11.3 Å². The normalized spacial score (nSPS) is 13.2. The van der Waals surface area contributed by atoms with Gasteiger partial charge in [-0.3, -0.25) is 14.3 Å². The average molecular weight is 375 g/mol. The van der Waals surface area contributed by atoms with Crippen molar-refractivity contribution in [3.05, 3.63) is 75.4 Å². The van der Waals surface area contributed by atoms with Crippen LogP contribution in [0.3, 0.4) is 0 Å². The van der Waals surface area contributed by atoms with Crippen molar-refractivity contribution < 1.29 is 5.11 Å². The Balaban J connectivity index is 1.46. The van der Waals surface area contributed by atoms with Crippen molar-refractivity contribution in [1.29, 1.82) is 0 Å². The summed E-state index contributed by atoms with van der Waals surface area (Å²) in [6.45, 7) is 0.405. The number of benzene rings is 1. The van der Waals surface area contributed by atoms with Gasteiger partial charge in [-0.2, -0.15) is 0 Å². The van der Waals surface area contributed by atoms with Gasteiger partial charge in [-0.05, 0) is 48.6 Å². The quantitative estimate of drug-likeness (QED) is 0.592. The fraction of sp³-hybridized carbons (Fsp3) is 0.190. The Hall–Kier alpha value is -2.99. The highest BCUT2D eigenvalue weighted by Crippen LogP contribution is 2.34. The third-order valence-electron chi connectivity index (χ3n) is 5.05. The SMILES string of the molecule is O=c1c2c3c(sc2ncn1Cc1ccc(-c2ccc(O)cc2)cn1)CCC3. The molecule has 3 heterocycles.